The van der Waals surface area contributed by atoms with Crippen molar-refractivity contribution in [3.63, 3.8) is 0 Å². The Hall–Kier alpha value is 0.180. The lowest BCUT2D eigenvalue weighted by Crippen LogP contribution is -2.11. The molecule has 0 radical (unpaired) electrons. The molecule has 0 heterocycles. The van der Waals surface area contributed by atoms with Gasteiger partial charge in [0.25, 0.3) is 0 Å². The average Bonchev–Trinajstić information content (AvgIpc) is 1.12. The van der Waals surface area contributed by atoms with Crippen molar-refractivity contribution in [1.82, 2.24) is 6.15 Å². The van der Waals surface area contributed by atoms with Crippen LogP contribution in [0.15, 0.2) is 0 Å². The van der Waals surface area contributed by atoms with E-state index >= 15 is 0 Å². The van der Waals surface area contributed by atoms with Gasteiger partial charge in [-0.1, -0.05) is 0 Å². The second-order valence-corrected chi connectivity index (χ2v) is 2.95. The second kappa shape index (κ2) is 5.78. The highest BCUT2D eigenvalue weighted by Gasteiger charge is 2.00. The Morgan fingerprint density at radius 2 is 1.00 bits per heavy atom. The summed E-state index contributed by atoms with van der Waals surface area (Å²) in [5, 5.41) is 0. The third kappa shape index (κ3) is 21000. The zero-order chi connectivity index (χ0) is 9.00. The van der Waals surface area contributed by atoms with Crippen LogP contribution < -0.4 is 15.9 Å². The first-order valence-electron chi connectivity index (χ1n) is 1.53. The Bertz CT molecular complexity index is 132. The van der Waals surface area contributed by atoms with E-state index in [2.05, 4.69) is 0 Å². The summed E-state index contributed by atoms with van der Waals surface area (Å²) >= 11 is 0. The van der Waals surface area contributed by atoms with Crippen LogP contribution in [0.4, 0.5) is 0 Å². The SMILES string of the molecule is N.O=P(O)(O)O.O=P([O-])([O-])O.[H+].[H+]. The molecular formula is H9NO8P2. The number of rotatable bonds is 0. The maximum Gasteiger partial charge on any atom is 1.00 e. The summed E-state index contributed by atoms with van der Waals surface area (Å²) in [6, 6.07) is 0. The molecule has 0 atom stereocenters. The number of hydrogen-bond acceptors (Lipinski definition) is 5. The first-order valence-corrected chi connectivity index (χ1v) is 4.59. The van der Waals surface area contributed by atoms with E-state index in [1.807, 2.05) is 0 Å². The topological polar surface area (TPSA) is 196 Å². The molecule has 0 rings (SSSR count). The summed E-state index contributed by atoms with van der Waals surface area (Å²) in [5.41, 5.74) is 0. The second-order valence-electron chi connectivity index (χ2n) is 0.982. The smallest absolute Gasteiger partial charge is 0.790 e. The van der Waals surface area contributed by atoms with Crippen molar-refractivity contribution >= 4 is 15.6 Å². The fourth-order valence-electron chi connectivity index (χ4n) is 0. The molecule has 0 unspecified atom stereocenters. The van der Waals surface area contributed by atoms with E-state index in [1.54, 1.807) is 0 Å². The summed E-state index contributed by atoms with van der Waals surface area (Å²) in [6.07, 6.45) is 0. The molecule has 0 saturated carbocycles. The first-order chi connectivity index (χ1) is 4.00. The summed E-state index contributed by atoms with van der Waals surface area (Å²) in [7, 11) is -9.78. The third-order valence-corrected chi connectivity index (χ3v) is 0. The molecule has 0 spiro atoms. The van der Waals surface area contributed by atoms with E-state index < -0.39 is 15.6 Å². The molecule has 72 valence electrons. The van der Waals surface area contributed by atoms with Crippen LogP contribution in [0, 0.1) is 0 Å². The van der Waals surface area contributed by atoms with Gasteiger partial charge in [-0.2, -0.15) is 0 Å². The van der Waals surface area contributed by atoms with Crippen LogP contribution in [0.25, 0.3) is 0 Å². The predicted octanol–water partition coefficient (Wildman–Crippen LogP) is -2.73. The first kappa shape index (κ1) is 17.3. The monoisotopic (exact) mass is 213 g/mol. The predicted molar refractivity (Wildman–Crippen MR) is 31.3 cm³/mol. The molecule has 0 aliphatic heterocycles. The molecule has 0 bridgehead atoms. The summed E-state index contributed by atoms with van der Waals surface area (Å²) in [5.74, 6) is 0. The maximum atomic E-state index is 8.88. The molecule has 0 fully saturated rings. The van der Waals surface area contributed by atoms with E-state index in [0.29, 0.717) is 0 Å². The molecule has 0 aliphatic carbocycles. The highest BCUT2D eigenvalue weighted by atomic mass is 31.2. The van der Waals surface area contributed by atoms with Gasteiger partial charge in [0.15, 0.2) is 0 Å². The zero-order valence-electron chi connectivity index (χ0n) is 7.02. The van der Waals surface area contributed by atoms with Gasteiger partial charge in [-0.25, -0.2) is 4.57 Å². The quantitative estimate of drug-likeness (QED) is 0.265. The van der Waals surface area contributed by atoms with Crippen molar-refractivity contribution in [1.29, 1.82) is 0 Å². The van der Waals surface area contributed by atoms with E-state index in [-0.39, 0.29) is 9.00 Å². The summed E-state index contributed by atoms with van der Waals surface area (Å²) < 4.78 is 17.5. The summed E-state index contributed by atoms with van der Waals surface area (Å²) in [6.45, 7) is 0. The molecule has 9 nitrogen and oxygen atoms in total. The third-order valence-electron chi connectivity index (χ3n) is 0. The van der Waals surface area contributed by atoms with Crippen molar-refractivity contribution in [3.8, 4) is 0 Å². The lowest BCUT2D eigenvalue weighted by atomic mass is 14.0. The minimum absolute atomic E-state index is 0. The molecule has 0 amide bonds. The minimum Gasteiger partial charge on any atom is -0.790 e. The largest absolute Gasteiger partial charge is 1.00 e. The molecule has 0 aromatic rings. The van der Waals surface area contributed by atoms with Gasteiger partial charge in [0.2, 0.25) is 0 Å². The van der Waals surface area contributed by atoms with Gasteiger partial charge in [0, 0.05) is 0 Å². The zero-order valence-corrected chi connectivity index (χ0v) is 6.81. The van der Waals surface area contributed by atoms with Crippen LogP contribution in [0.1, 0.15) is 2.85 Å². The van der Waals surface area contributed by atoms with Crippen LogP contribution >= 0.6 is 15.6 Å². The molecule has 11 heavy (non-hydrogen) atoms. The Morgan fingerprint density at radius 1 is 1.00 bits per heavy atom. The number of phosphoric acid groups is 2. The van der Waals surface area contributed by atoms with Crippen molar-refractivity contribution in [2.45, 2.75) is 0 Å². The molecule has 7 N–H and O–H groups in total. The van der Waals surface area contributed by atoms with Crippen molar-refractivity contribution < 1.29 is 41.3 Å². The molecule has 0 aliphatic rings. The Balaban J connectivity index is -0.0000000267. The van der Waals surface area contributed by atoms with Gasteiger partial charge in [-0.15, -0.1) is 0 Å². The van der Waals surface area contributed by atoms with Gasteiger partial charge < -0.3 is 40.1 Å². The highest BCUT2D eigenvalue weighted by molar-refractivity contribution is 7.45. The molecule has 0 aromatic heterocycles. The average molecular weight is 213 g/mol. The Morgan fingerprint density at radius 3 is 1.00 bits per heavy atom. The molecule has 0 saturated heterocycles. The van der Waals surface area contributed by atoms with Gasteiger partial charge in [-0.05, 0) is 0 Å². The standard InChI is InChI=1S/H3N.2H3O4P/c;2*1-5(2,3)4/h1H3;2*(H3,1,2,3,4). The van der Waals surface area contributed by atoms with Gasteiger partial charge in [0.05, 0.1) is 7.82 Å². The highest BCUT2D eigenvalue weighted by Crippen LogP contribution is 2.25. The fourth-order valence-corrected chi connectivity index (χ4v) is 0. The minimum atomic E-state index is -5.14. The van der Waals surface area contributed by atoms with Crippen molar-refractivity contribution in [2.24, 2.45) is 0 Å². The van der Waals surface area contributed by atoms with Gasteiger partial charge in [0.1, 0.15) is 0 Å². The van der Waals surface area contributed by atoms with Crippen LogP contribution in [0.2, 0.25) is 0 Å². The lowest BCUT2D eigenvalue weighted by molar-refractivity contribution is -0.337. The van der Waals surface area contributed by atoms with Crippen molar-refractivity contribution in [3.05, 3.63) is 0 Å². The Kier molecular flexibility index (Phi) is 9.10. The van der Waals surface area contributed by atoms with E-state index in [0.717, 1.165) is 0 Å². The normalized spacial score (nSPS) is 10.7. The molecule has 11 heteroatoms. The van der Waals surface area contributed by atoms with Crippen LogP contribution in [-0.4, -0.2) is 19.6 Å². The van der Waals surface area contributed by atoms with E-state index in [9.17, 15) is 0 Å². The number of hydrogen-bond donors (Lipinski definition) is 5. The summed E-state index contributed by atoms with van der Waals surface area (Å²) in [4.78, 5) is 45.8. The van der Waals surface area contributed by atoms with E-state index in [4.69, 9.17) is 38.5 Å². The maximum absolute atomic E-state index is 8.88. The molecular weight excluding hydrogens is 204 g/mol. The van der Waals surface area contributed by atoms with Crippen molar-refractivity contribution in [2.75, 3.05) is 0 Å². The lowest BCUT2D eigenvalue weighted by Gasteiger charge is -2.19. The van der Waals surface area contributed by atoms with Crippen LogP contribution in [0.5, 0.6) is 0 Å². The Labute approximate surface area is 64.4 Å². The fraction of sp³-hybridized carbons (Fsp3) is 0. The van der Waals surface area contributed by atoms with E-state index in [1.165, 1.54) is 0 Å². The van der Waals surface area contributed by atoms with Gasteiger partial charge >= 0.3 is 10.7 Å². The van der Waals surface area contributed by atoms with Gasteiger partial charge in [-0.3, -0.25) is 0 Å². The van der Waals surface area contributed by atoms with Crippen LogP contribution in [-0.2, 0) is 9.13 Å². The molecule has 0 aromatic carbocycles. The van der Waals surface area contributed by atoms with Crippen LogP contribution in [0.3, 0.4) is 0 Å².